The first kappa shape index (κ1) is 20.6. The summed E-state index contributed by atoms with van der Waals surface area (Å²) in [5, 5.41) is 6.63. The van der Waals surface area contributed by atoms with Crippen LogP contribution in [0.2, 0.25) is 0 Å². The Morgan fingerprint density at radius 3 is 2.69 bits per heavy atom. The third kappa shape index (κ3) is 7.23. The first-order chi connectivity index (χ1) is 12.4. The second-order valence-electron chi connectivity index (χ2n) is 7.31. The number of benzene rings is 1. The molecule has 2 rings (SSSR count). The summed E-state index contributed by atoms with van der Waals surface area (Å²) in [5.41, 5.74) is 1.47. The van der Waals surface area contributed by atoms with Crippen LogP contribution in [0.15, 0.2) is 29.3 Å². The van der Waals surface area contributed by atoms with Gasteiger partial charge in [0.05, 0.1) is 11.9 Å². The van der Waals surface area contributed by atoms with Gasteiger partial charge in [-0.25, -0.2) is 8.42 Å². The second-order valence-corrected chi connectivity index (χ2v) is 9.06. The van der Waals surface area contributed by atoms with E-state index in [9.17, 15) is 8.42 Å². The van der Waals surface area contributed by atoms with Crippen molar-refractivity contribution in [2.75, 3.05) is 24.6 Å². The van der Waals surface area contributed by atoms with Crippen molar-refractivity contribution in [3.63, 3.8) is 0 Å². The van der Waals surface area contributed by atoms with Crippen LogP contribution < -0.4 is 15.4 Å². The van der Waals surface area contributed by atoms with E-state index in [0.717, 1.165) is 42.6 Å². The number of nitrogens with one attached hydrogen (secondary N) is 3. The molecule has 0 saturated heterocycles. The Morgan fingerprint density at radius 2 is 2.00 bits per heavy atom. The molecule has 0 spiro atoms. The van der Waals surface area contributed by atoms with Crippen molar-refractivity contribution in [3.8, 4) is 0 Å². The lowest BCUT2D eigenvalue weighted by atomic mass is 9.81. The Balaban J connectivity index is 1.82. The zero-order valence-electron chi connectivity index (χ0n) is 16.1. The molecule has 0 radical (unpaired) electrons. The number of anilines is 1. The molecule has 0 aromatic heterocycles. The summed E-state index contributed by atoms with van der Waals surface area (Å²) in [5.74, 6) is 2.40. The van der Waals surface area contributed by atoms with Crippen molar-refractivity contribution in [3.05, 3.63) is 29.8 Å². The maximum atomic E-state index is 11.5. The number of guanidine groups is 1. The van der Waals surface area contributed by atoms with Gasteiger partial charge in [-0.15, -0.1) is 0 Å². The Bertz CT molecular complexity index is 703. The van der Waals surface area contributed by atoms with Crippen LogP contribution in [0.4, 0.5) is 5.69 Å². The molecule has 1 aromatic carbocycles. The molecule has 0 heterocycles. The third-order valence-electron chi connectivity index (χ3n) is 4.87. The van der Waals surface area contributed by atoms with E-state index < -0.39 is 10.0 Å². The lowest BCUT2D eigenvalue weighted by Gasteiger charge is -2.26. The van der Waals surface area contributed by atoms with Crippen molar-refractivity contribution in [1.82, 2.24) is 10.6 Å². The van der Waals surface area contributed by atoms with Crippen LogP contribution in [0.5, 0.6) is 0 Å². The van der Waals surface area contributed by atoms with Crippen LogP contribution in [-0.4, -0.2) is 34.2 Å². The fourth-order valence-corrected chi connectivity index (χ4v) is 4.19. The molecule has 1 aliphatic rings. The van der Waals surface area contributed by atoms with Crippen molar-refractivity contribution in [2.24, 2.45) is 16.8 Å². The first-order valence-corrected chi connectivity index (χ1v) is 11.3. The molecule has 3 N–H and O–H groups in total. The minimum Gasteiger partial charge on any atom is -0.356 e. The number of para-hydroxylation sites is 1. The van der Waals surface area contributed by atoms with Gasteiger partial charge in [-0.2, -0.15) is 0 Å². The highest BCUT2D eigenvalue weighted by Gasteiger charge is 2.18. The molecule has 1 aliphatic carbocycles. The summed E-state index contributed by atoms with van der Waals surface area (Å²) in [6.07, 6.45) is 7.71. The Hall–Kier alpha value is -1.76. The quantitative estimate of drug-likeness (QED) is 0.502. The Labute approximate surface area is 157 Å². The summed E-state index contributed by atoms with van der Waals surface area (Å²) >= 11 is 0. The zero-order valence-corrected chi connectivity index (χ0v) is 16.9. The number of sulfonamides is 1. The topological polar surface area (TPSA) is 82.6 Å². The smallest absolute Gasteiger partial charge is 0.229 e. The van der Waals surface area contributed by atoms with Gasteiger partial charge < -0.3 is 10.6 Å². The van der Waals surface area contributed by atoms with Crippen molar-refractivity contribution in [2.45, 2.75) is 45.6 Å². The van der Waals surface area contributed by atoms with Crippen LogP contribution in [-0.2, 0) is 16.6 Å². The maximum Gasteiger partial charge on any atom is 0.229 e. The van der Waals surface area contributed by atoms with E-state index in [1.54, 1.807) is 13.1 Å². The van der Waals surface area contributed by atoms with Gasteiger partial charge in [0.2, 0.25) is 10.0 Å². The molecule has 0 aliphatic heterocycles. The highest BCUT2D eigenvalue weighted by atomic mass is 32.2. The van der Waals surface area contributed by atoms with E-state index >= 15 is 0 Å². The number of rotatable bonds is 7. The molecular weight excluding hydrogens is 348 g/mol. The highest BCUT2D eigenvalue weighted by molar-refractivity contribution is 7.92. The van der Waals surface area contributed by atoms with Crippen LogP contribution in [0, 0.1) is 11.8 Å². The SMILES string of the molecule is CN=C(NCCC1CCCC(C)C1)NCc1ccccc1NS(C)(=O)=O. The molecule has 0 bridgehead atoms. The minimum absolute atomic E-state index is 0.499. The largest absolute Gasteiger partial charge is 0.356 e. The van der Waals surface area contributed by atoms with Gasteiger partial charge in [0.25, 0.3) is 0 Å². The van der Waals surface area contributed by atoms with Crippen molar-refractivity contribution in [1.29, 1.82) is 0 Å². The number of aliphatic imine (C=N–C) groups is 1. The average Bonchev–Trinajstić information content (AvgIpc) is 2.58. The number of nitrogens with zero attached hydrogens (tertiary/aromatic N) is 1. The third-order valence-corrected chi connectivity index (χ3v) is 5.46. The molecule has 6 nitrogen and oxygen atoms in total. The van der Waals surface area contributed by atoms with Gasteiger partial charge in [0.15, 0.2) is 5.96 Å². The standard InChI is InChI=1S/C19H32N4O2S/c1-15-7-6-8-16(13-15)11-12-21-19(20-2)22-14-17-9-4-5-10-18(17)23-26(3,24)25/h4-5,9-10,15-16,23H,6-8,11-14H2,1-3H3,(H2,20,21,22). The Morgan fingerprint density at radius 1 is 1.23 bits per heavy atom. The summed E-state index contributed by atoms with van der Waals surface area (Å²) in [6, 6.07) is 7.37. The molecule has 7 heteroatoms. The fourth-order valence-electron chi connectivity index (χ4n) is 3.59. The lowest BCUT2D eigenvalue weighted by molar-refractivity contribution is 0.270. The van der Waals surface area contributed by atoms with Crippen LogP contribution in [0.25, 0.3) is 0 Å². The predicted molar refractivity (Wildman–Crippen MR) is 109 cm³/mol. The second kappa shape index (κ2) is 9.80. The molecule has 2 unspecified atom stereocenters. The van der Waals surface area contributed by atoms with Gasteiger partial charge in [-0.3, -0.25) is 9.71 Å². The van der Waals surface area contributed by atoms with Gasteiger partial charge >= 0.3 is 0 Å². The van der Waals surface area contributed by atoms with E-state index in [1.165, 1.54) is 25.7 Å². The van der Waals surface area contributed by atoms with E-state index in [1.807, 2.05) is 18.2 Å². The lowest BCUT2D eigenvalue weighted by Crippen LogP contribution is -2.38. The highest BCUT2D eigenvalue weighted by Crippen LogP contribution is 2.30. The number of hydrogen-bond donors (Lipinski definition) is 3. The van der Waals surface area contributed by atoms with Crippen LogP contribution in [0.1, 0.15) is 44.6 Å². The van der Waals surface area contributed by atoms with E-state index in [-0.39, 0.29) is 0 Å². The maximum absolute atomic E-state index is 11.5. The molecule has 1 fully saturated rings. The summed E-state index contributed by atoms with van der Waals surface area (Å²) in [7, 11) is -1.55. The van der Waals surface area contributed by atoms with Crippen molar-refractivity contribution >= 4 is 21.7 Å². The molecular formula is C19H32N4O2S. The first-order valence-electron chi connectivity index (χ1n) is 9.37. The average molecular weight is 381 g/mol. The normalized spacial score (nSPS) is 21.3. The molecule has 2 atom stereocenters. The molecule has 1 aromatic rings. The summed E-state index contributed by atoms with van der Waals surface area (Å²) in [4.78, 5) is 4.26. The van der Waals surface area contributed by atoms with E-state index in [0.29, 0.717) is 12.2 Å². The van der Waals surface area contributed by atoms with Crippen LogP contribution in [0.3, 0.4) is 0 Å². The van der Waals surface area contributed by atoms with Gasteiger partial charge in [-0.05, 0) is 36.3 Å². The zero-order chi connectivity index (χ0) is 19.0. The predicted octanol–water partition coefficient (Wildman–Crippen LogP) is 2.94. The van der Waals surface area contributed by atoms with E-state index in [2.05, 4.69) is 27.3 Å². The summed E-state index contributed by atoms with van der Waals surface area (Å²) < 4.78 is 25.5. The molecule has 146 valence electrons. The monoisotopic (exact) mass is 380 g/mol. The minimum atomic E-state index is -3.30. The van der Waals surface area contributed by atoms with E-state index in [4.69, 9.17) is 0 Å². The van der Waals surface area contributed by atoms with Gasteiger partial charge in [-0.1, -0.05) is 44.4 Å². The molecule has 26 heavy (non-hydrogen) atoms. The fraction of sp³-hybridized carbons (Fsp3) is 0.632. The molecule has 1 saturated carbocycles. The number of hydrogen-bond acceptors (Lipinski definition) is 3. The molecule has 0 amide bonds. The van der Waals surface area contributed by atoms with Gasteiger partial charge in [0.1, 0.15) is 0 Å². The van der Waals surface area contributed by atoms with Crippen molar-refractivity contribution < 1.29 is 8.42 Å². The van der Waals surface area contributed by atoms with Crippen LogP contribution >= 0.6 is 0 Å². The Kier molecular flexibility index (Phi) is 7.75. The van der Waals surface area contributed by atoms with Gasteiger partial charge in [0, 0.05) is 20.1 Å². The summed E-state index contributed by atoms with van der Waals surface area (Å²) in [6.45, 7) is 3.75.